The molecule has 75 valence electrons. The number of hydrogen-bond acceptors (Lipinski definition) is 1. The second kappa shape index (κ2) is 4.18. The van der Waals surface area contributed by atoms with E-state index in [-0.39, 0.29) is 0 Å². The lowest BCUT2D eigenvalue weighted by Gasteiger charge is -2.13. The van der Waals surface area contributed by atoms with Crippen LogP contribution in [0.2, 0.25) is 0 Å². The van der Waals surface area contributed by atoms with Gasteiger partial charge in [0.1, 0.15) is 0 Å². The number of nitrogens with zero attached hydrogens (tertiary/aromatic N) is 1. The fraction of sp³-hybridized carbons (Fsp3) is 0.143. The molecule has 0 N–H and O–H groups in total. The van der Waals surface area contributed by atoms with E-state index in [2.05, 4.69) is 35.2 Å². The van der Waals surface area contributed by atoms with Crippen LogP contribution in [0, 0.1) is 6.07 Å². The van der Waals surface area contributed by atoms with Gasteiger partial charge in [-0.2, -0.15) is 0 Å². The molecular weight excluding hydrogens is 182 g/mol. The molecule has 2 rings (SSSR count). The molecule has 0 bridgehead atoms. The maximum absolute atomic E-state index is 3.25. The van der Waals surface area contributed by atoms with Gasteiger partial charge < -0.3 is 4.90 Å². The van der Waals surface area contributed by atoms with Crippen molar-refractivity contribution in [3.05, 3.63) is 54.6 Å². The van der Waals surface area contributed by atoms with Gasteiger partial charge >= 0.3 is 0 Å². The largest absolute Gasteiger partial charge is 0.378 e. The molecule has 1 nitrogen and oxygen atoms in total. The first kappa shape index (κ1) is 9.78. The minimum atomic E-state index is 1.14. The minimum Gasteiger partial charge on any atom is -0.378 e. The van der Waals surface area contributed by atoms with E-state index in [0.717, 1.165) is 5.56 Å². The molecule has 0 saturated carbocycles. The van der Waals surface area contributed by atoms with E-state index in [9.17, 15) is 0 Å². The number of rotatable bonds is 2. The monoisotopic (exact) mass is 196 g/mol. The Morgan fingerprint density at radius 1 is 1.00 bits per heavy atom. The van der Waals surface area contributed by atoms with Crippen molar-refractivity contribution in [3.8, 4) is 11.1 Å². The minimum absolute atomic E-state index is 1.14. The lowest BCUT2D eigenvalue weighted by molar-refractivity contribution is 1.13. The normalized spacial score (nSPS) is 10.0. The molecule has 1 heteroatoms. The Labute approximate surface area is 91.0 Å². The molecular formula is C14H14N. The summed E-state index contributed by atoms with van der Waals surface area (Å²) in [5.74, 6) is 0. The summed E-state index contributed by atoms with van der Waals surface area (Å²) in [5, 5.41) is 0. The quantitative estimate of drug-likeness (QED) is 0.712. The second-order valence-electron chi connectivity index (χ2n) is 3.72. The van der Waals surface area contributed by atoms with Gasteiger partial charge in [-0.1, -0.05) is 36.4 Å². The third kappa shape index (κ3) is 2.18. The molecule has 0 aliphatic rings. The Morgan fingerprint density at radius 2 is 1.73 bits per heavy atom. The average molecular weight is 196 g/mol. The van der Waals surface area contributed by atoms with Gasteiger partial charge in [-0.15, -0.1) is 0 Å². The molecule has 0 amide bonds. The Hall–Kier alpha value is -1.76. The summed E-state index contributed by atoms with van der Waals surface area (Å²) in [5.41, 5.74) is 3.55. The second-order valence-corrected chi connectivity index (χ2v) is 3.72. The summed E-state index contributed by atoms with van der Waals surface area (Å²) in [6.07, 6.45) is 0. The van der Waals surface area contributed by atoms with Crippen LogP contribution < -0.4 is 4.90 Å². The first-order valence-corrected chi connectivity index (χ1v) is 5.02. The summed E-state index contributed by atoms with van der Waals surface area (Å²) in [6.45, 7) is 0. The molecule has 0 aromatic heterocycles. The maximum Gasteiger partial charge on any atom is 0.0367 e. The van der Waals surface area contributed by atoms with Crippen LogP contribution in [-0.4, -0.2) is 14.1 Å². The van der Waals surface area contributed by atoms with Crippen molar-refractivity contribution in [2.75, 3.05) is 19.0 Å². The van der Waals surface area contributed by atoms with Crippen molar-refractivity contribution in [2.45, 2.75) is 0 Å². The molecule has 0 fully saturated rings. The molecule has 0 spiro atoms. The Morgan fingerprint density at radius 3 is 2.40 bits per heavy atom. The molecule has 2 aromatic carbocycles. The number of anilines is 1. The van der Waals surface area contributed by atoms with Crippen molar-refractivity contribution in [1.29, 1.82) is 0 Å². The summed E-state index contributed by atoms with van der Waals surface area (Å²) in [7, 11) is 4.09. The van der Waals surface area contributed by atoms with Gasteiger partial charge in [0.15, 0.2) is 0 Å². The highest BCUT2D eigenvalue weighted by atomic mass is 15.1. The van der Waals surface area contributed by atoms with Crippen LogP contribution in [-0.2, 0) is 0 Å². The van der Waals surface area contributed by atoms with Crippen LogP contribution in [0.5, 0.6) is 0 Å². The SMILES string of the molecule is CN(C)c1cc[c]c(-c2ccccc2)c1. The fourth-order valence-corrected chi connectivity index (χ4v) is 1.52. The molecule has 0 saturated heterocycles. The molecule has 0 atom stereocenters. The smallest absolute Gasteiger partial charge is 0.0367 e. The molecule has 15 heavy (non-hydrogen) atoms. The summed E-state index contributed by atoms with van der Waals surface area (Å²) in [4.78, 5) is 2.10. The molecule has 0 heterocycles. The highest BCUT2D eigenvalue weighted by Gasteiger charge is 1.99. The zero-order chi connectivity index (χ0) is 10.7. The third-order valence-corrected chi connectivity index (χ3v) is 2.39. The van der Waals surface area contributed by atoms with Crippen LogP contribution in [0.15, 0.2) is 48.5 Å². The maximum atomic E-state index is 3.25. The molecule has 1 radical (unpaired) electrons. The topological polar surface area (TPSA) is 3.24 Å². The molecule has 0 unspecified atom stereocenters. The van der Waals surface area contributed by atoms with Crippen LogP contribution in [0.3, 0.4) is 0 Å². The van der Waals surface area contributed by atoms with Gasteiger partial charge in [-0.05, 0) is 29.3 Å². The van der Waals surface area contributed by atoms with E-state index in [0.29, 0.717) is 0 Å². The predicted molar refractivity (Wildman–Crippen MR) is 65.0 cm³/mol. The van der Waals surface area contributed by atoms with Gasteiger partial charge in [0.2, 0.25) is 0 Å². The first-order chi connectivity index (χ1) is 7.27. The molecule has 0 aliphatic carbocycles. The standard InChI is InChI=1S/C14H14N/c1-15(2)14-10-6-9-13(11-14)12-7-4-3-5-8-12/h3-8,10-11H,1-2H3. The lowest BCUT2D eigenvalue weighted by atomic mass is 10.1. The van der Waals surface area contributed by atoms with Crippen molar-refractivity contribution >= 4 is 5.69 Å². The van der Waals surface area contributed by atoms with E-state index in [1.807, 2.05) is 38.4 Å². The number of hydrogen-bond donors (Lipinski definition) is 0. The van der Waals surface area contributed by atoms with Crippen LogP contribution in [0.4, 0.5) is 5.69 Å². The van der Waals surface area contributed by atoms with E-state index >= 15 is 0 Å². The zero-order valence-electron chi connectivity index (χ0n) is 9.07. The van der Waals surface area contributed by atoms with Gasteiger partial charge in [-0.25, -0.2) is 0 Å². The molecule has 0 aliphatic heterocycles. The van der Waals surface area contributed by atoms with Gasteiger partial charge in [0.05, 0.1) is 0 Å². The average Bonchev–Trinajstić information content (AvgIpc) is 2.30. The number of benzene rings is 2. The Kier molecular flexibility index (Phi) is 2.72. The third-order valence-electron chi connectivity index (χ3n) is 2.39. The Balaban J connectivity index is 2.42. The first-order valence-electron chi connectivity index (χ1n) is 5.02. The molecule has 2 aromatic rings. The zero-order valence-corrected chi connectivity index (χ0v) is 9.07. The fourth-order valence-electron chi connectivity index (χ4n) is 1.52. The summed E-state index contributed by atoms with van der Waals surface area (Å²) in [6, 6.07) is 19.8. The van der Waals surface area contributed by atoms with Crippen molar-refractivity contribution in [1.82, 2.24) is 0 Å². The van der Waals surface area contributed by atoms with E-state index in [1.165, 1.54) is 11.3 Å². The van der Waals surface area contributed by atoms with Crippen LogP contribution >= 0.6 is 0 Å². The van der Waals surface area contributed by atoms with Crippen molar-refractivity contribution in [3.63, 3.8) is 0 Å². The lowest BCUT2D eigenvalue weighted by Crippen LogP contribution is -2.08. The van der Waals surface area contributed by atoms with Crippen molar-refractivity contribution < 1.29 is 0 Å². The highest BCUT2D eigenvalue weighted by Crippen LogP contribution is 2.22. The van der Waals surface area contributed by atoms with E-state index in [4.69, 9.17) is 0 Å². The highest BCUT2D eigenvalue weighted by molar-refractivity contribution is 5.67. The van der Waals surface area contributed by atoms with Crippen LogP contribution in [0.1, 0.15) is 0 Å². The van der Waals surface area contributed by atoms with Gasteiger partial charge in [-0.3, -0.25) is 0 Å². The van der Waals surface area contributed by atoms with Crippen LogP contribution in [0.25, 0.3) is 11.1 Å². The Bertz CT molecular complexity index is 432. The predicted octanol–water partition coefficient (Wildman–Crippen LogP) is 3.22. The summed E-state index contributed by atoms with van der Waals surface area (Å²) < 4.78 is 0. The van der Waals surface area contributed by atoms with Crippen molar-refractivity contribution in [2.24, 2.45) is 0 Å². The van der Waals surface area contributed by atoms with E-state index in [1.54, 1.807) is 0 Å². The van der Waals surface area contributed by atoms with Gasteiger partial charge in [0.25, 0.3) is 0 Å². The van der Waals surface area contributed by atoms with Gasteiger partial charge in [0, 0.05) is 19.8 Å². The van der Waals surface area contributed by atoms with E-state index < -0.39 is 0 Å². The summed E-state index contributed by atoms with van der Waals surface area (Å²) >= 11 is 0.